The van der Waals surface area contributed by atoms with Gasteiger partial charge in [0.05, 0.1) is 10.0 Å². The Bertz CT molecular complexity index is 945. The maximum absolute atomic E-state index is 11.9. The SMILES string of the molecule is CC(=O)c1ccc(NC(=O)COC(=O)CCCC(=O)Nc2ccc(Cl)c(Cl)c2)cc1. The highest BCUT2D eigenvalue weighted by atomic mass is 35.5. The second-order valence-electron chi connectivity index (χ2n) is 6.37. The lowest BCUT2D eigenvalue weighted by Gasteiger charge is -2.08. The third kappa shape index (κ3) is 7.85. The van der Waals surface area contributed by atoms with Gasteiger partial charge in [-0.25, -0.2) is 0 Å². The molecule has 2 amide bonds. The zero-order chi connectivity index (χ0) is 22.1. The van der Waals surface area contributed by atoms with E-state index in [0.29, 0.717) is 27.0 Å². The fourth-order valence-electron chi connectivity index (χ4n) is 2.39. The summed E-state index contributed by atoms with van der Waals surface area (Å²) < 4.78 is 4.90. The Morgan fingerprint density at radius 3 is 2.10 bits per heavy atom. The van der Waals surface area contributed by atoms with Crippen molar-refractivity contribution < 1.29 is 23.9 Å². The molecule has 2 rings (SSSR count). The molecule has 2 aromatic carbocycles. The number of anilines is 2. The maximum atomic E-state index is 11.9. The van der Waals surface area contributed by atoms with E-state index in [2.05, 4.69) is 10.6 Å². The molecule has 0 heterocycles. The molecule has 7 nitrogen and oxygen atoms in total. The van der Waals surface area contributed by atoms with E-state index in [-0.39, 0.29) is 31.0 Å². The number of ketones is 1. The lowest BCUT2D eigenvalue weighted by Crippen LogP contribution is -2.21. The van der Waals surface area contributed by atoms with Crippen molar-refractivity contribution in [2.24, 2.45) is 0 Å². The second kappa shape index (κ2) is 11.3. The normalized spacial score (nSPS) is 10.2. The van der Waals surface area contributed by atoms with Crippen LogP contribution >= 0.6 is 23.2 Å². The first-order valence-electron chi connectivity index (χ1n) is 9.06. The van der Waals surface area contributed by atoms with E-state index in [4.69, 9.17) is 27.9 Å². The van der Waals surface area contributed by atoms with Gasteiger partial charge in [-0.15, -0.1) is 0 Å². The van der Waals surface area contributed by atoms with Crippen LogP contribution in [0.15, 0.2) is 42.5 Å². The third-order valence-electron chi connectivity index (χ3n) is 3.93. The summed E-state index contributed by atoms with van der Waals surface area (Å²) in [5, 5.41) is 5.92. The minimum Gasteiger partial charge on any atom is -0.456 e. The molecule has 0 atom stereocenters. The van der Waals surface area contributed by atoms with Crippen molar-refractivity contribution in [3.63, 3.8) is 0 Å². The van der Waals surface area contributed by atoms with Crippen molar-refractivity contribution in [3.05, 3.63) is 58.1 Å². The number of hydrogen-bond acceptors (Lipinski definition) is 5. The lowest BCUT2D eigenvalue weighted by atomic mass is 10.1. The lowest BCUT2D eigenvalue weighted by molar-refractivity contribution is -0.147. The van der Waals surface area contributed by atoms with Crippen LogP contribution in [0, 0.1) is 0 Å². The van der Waals surface area contributed by atoms with Gasteiger partial charge < -0.3 is 15.4 Å². The summed E-state index contributed by atoms with van der Waals surface area (Å²) in [6.45, 7) is 1.01. The summed E-state index contributed by atoms with van der Waals surface area (Å²) in [5.74, 6) is -1.45. The Kier molecular flexibility index (Phi) is 8.83. The van der Waals surface area contributed by atoms with Gasteiger partial charge in [0.2, 0.25) is 5.91 Å². The fourth-order valence-corrected chi connectivity index (χ4v) is 2.69. The highest BCUT2D eigenvalue weighted by molar-refractivity contribution is 6.42. The molecule has 0 saturated heterocycles. The Morgan fingerprint density at radius 2 is 1.47 bits per heavy atom. The summed E-state index contributed by atoms with van der Waals surface area (Å²) in [4.78, 5) is 46.7. The molecule has 0 aliphatic rings. The molecule has 30 heavy (non-hydrogen) atoms. The zero-order valence-corrected chi connectivity index (χ0v) is 17.7. The molecule has 9 heteroatoms. The average molecular weight is 451 g/mol. The molecule has 0 fully saturated rings. The standard InChI is InChI=1S/C21H20Cl2N2O5/c1-13(26)14-5-7-15(8-6-14)24-20(28)12-30-21(29)4-2-3-19(27)25-16-9-10-17(22)18(23)11-16/h5-11H,2-4,12H2,1H3,(H,24,28)(H,25,27). The first-order chi connectivity index (χ1) is 14.2. The van der Waals surface area contributed by atoms with Gasteiger partial charge in [-0.05, 0) is 55.8 Å². The molecule has 0 bridgehead atoms. The molecular formula is C21H20Cl2N2O5. The fraction of sp³-hybridized carbons (Fsp3) is 0.238. The monoisotopic (exact) mass is 450 g/mol. The Labute approximate surface area is 183 Å². The van der Waals surface area contributed by atoms with Gasteiger partial charge in [0.1, 0.15) is 0 Å². The van der Waals surface area contributed by atoms with Crippen molar-refractivity contribution in [2.45, 2.75) is 26.2 Å². The number of esters is 1. The smallest absolute Gasteiger partial charge is 0.306 e. The van der Waals surface area contributed by atoms with E-state index in [1.54, 1.807) is 36.4 Å². The Morgan fingerprint density at radius 1 is 0.833 bits per heavy atom. The molecule has 0 saturated carbocycles. The quantitative estimate of drug-likeness (QED) is 0.432. The van der Waals surface area contributed by atoms with Crippen molar-refractivity contribution in [1.82, 2.24) is 0 Å². The molecule has 158 valence electrons. The van der Waals surface area contributed by atoms with Crippen LogP contribution in [0.25, 0.3) is 0 Å². The van der Waals surface area contributed by atoms with E-state index < -0.39 is 18.5 Å². The van der Waals surface area contributed by atoms with Crippen LogP contribution in [0.4, 0.5) is 11.4 Å². The number of nitrogens with one attached hydrogen (secondary N) is 2. The summed E-state index contributed by atoms with van der Waals surface area (Å²) in [6, 6.07) is 11.1. The van der Waals surface area contributed by atoms with Gasteiger partial charge in [-0.2, -0.15) is 0 Å². The Balaban J connectivity index is 1.65. The van der Waals surface area contributed by atoms with Gasteiger partial charge in [-0.3, -0.25) is 19.2 Å². The van der Waals surface area contributed by atoms with Crippen molar-refractivity contribution in [2.75, 3.05) is 17.2 Å². The minimum absolute atomic E-state index is 0.00458. The van der Waals surface area contributed by atoms with Crippen LogP contribution in [0.5, 0.6) is 0 Å². The van der Waals surface area contributed by atoms with E-state index in [1.165, 1.54) is 13.0 Å². The topological polar surface area (TPSA) is 102 Å². The van der Waals surface area contributed by atoms with Gasteiger partial charge in [0.25, 0.3) is 5.91 Å². The van der Waals surface area contributed by atoms with E-state index in [0.717, 1.165) is 0 Å². The van der Waals surface area contributed by atoms with Crippen LogP contribution in [-0.2, 0) is 19.1 Å². The number of Topliss-reactive ketones (excluding diaryl/α,β-unsaturated/α-hetero) is 1. The van der Waals surface area contributed by atoms with Gasteiger partial charge in [-0.1, -0.05) is 23.2 Å². The number of halogens is 2. The maximum Gasteiger partial charge on any atom is 0.306 e. The number of carbonyl (C=O) groups is 4. The number of carbonyl (C=O) groups excluding carboxylic acids is 4. The van der Waals surface area contributed by atoms with Gasteiger partial charge in [0.15, 0.2) is 12.4 Å². The van der Waals surface area contributed by atoms with E-state index in [1.807, 2.05) is 0 Å². The summed E-state index contributed by atoms with van der Waals surface area (Å²) in [7, 11) is 0. The molecule has 0 aliphatic carbocycles. The van der Waals surface area contributed by atoms with Crippen LogP contribution in [0.3, 0.4) is 0 Å². The van der Waals surface area contributed by atoms with Crippen LogP contribution in [-0.4, -0.2) is 30.2 Å². The van der Waals surface area contributed by atoms with Crippen molar-refractivity contribution in [3.8, 4) is 0 Å². The second-order valence-corrected chi connectivity index (χ2v) is 7.19. The van der Waals surface area contributed by atoms with Crippen LogP contribution < -0.4 is 10.6 Å². The number of ether oxygens (including phenoxy) is 1. The largest absolute Gasteiger partial charge is 0.456 e. The first kappa shape index (κ1) is 23.4. The predicted octanol–water partition coefficient (Wildman–Crippen LogP) is 4.49. The summed E-state index contributed by atoms with van der Waals surface area (Å²) >= 11 is 11.7. The zero-order valence-electron chi connectivity index (χ0n) is 16.2. The molecule has 0 aromatic heterocycles. The average Bonchev–Trinajstić information content (AvgIpc) is 2.69. The highest BCUT2D eigenvalue weighted by Gasteiger charge is 2.10. The molecule has 2 aromatic rings. The summed E-state index contributed by atoms with van der Waals surface area (Å²) in [5.41, 5.74) is 1.52. The van der Waals surface area contributed by atoms with Crippen LogP contribution in [0.1, 0.15) is 36.5 Å². The molecule has 0 radical (unpaired) electrons. The molecule has 0 spiro atoms. The number of rotatable bonds is 9. The van der Waals surface area contributed by atoms with Gasteiger partial charge >= 0.3 is 5.97 Å². The number of hydrogen-bond donors (Lipinski definition) is 2. The third-order valence-corrected chi connectivity index (χ3v) is 4.67. The van der Waals surface area contributed by atoms with E-state index in [9.17, 15) is 19.2 Å². The number of amides is 2. The highest BCUT2D eigenvalue weighted by Crippen LogP contribution is 2.25. The first-order valence-corrected chi connectivity index (χ1v) is 9.81. The van der Waals surface area contributed by atoms with Crippen molar-refractivity contribution >= 4 is 58.1 Å². The Hall–Kier alpha value is -2.90. The molecule has 2 N–H and O–H groups in total. The molecular weight excluding hydrogens is 431 g/mol. The molecule has 0 aliphatic heterocycles. The van der Waals surface area contributed by atoms with Gasteiger partial charge in [0, 0.05) is 29.8 Å². The van der Waals surface area contributed by atoms with Crippen molar-refractivity contribution in [1.29, 1.82) is 0 Å². The predicted molar refractivity (Wildman–Crippen MR) is 115 cm³/mol. The van der Waals surface area contributed by atoms with E-state index >= 15 is 0 Å². The summed E-state index contributed by atoms with van der Waals surface area (Å²) in [6.07, 6.45) is 0.361. The minimum atomic E-state index is -0.584. The number of benzene rings is 2. The van der Waals surface area contributed by atoms with Crippen LogP contribution in [0.2, 0.25) is 10.0 Å². The molecule has 0 unspecified atom stereocenters.